The average molecular weight is 132 g/mol. The first-order chi connectivity index (χ1) is 3.89. The molecule has 2 N–H and O–H groups in total. The van der Waals surface area contributed by atoms with E-state index < -0.39 is 17.5 Å². The van der Waals surface area contributed by atoms with Crippen LogP contribution in [0.25, 0.3) is 0 Å². The van der Waals surface area contributed by atoms with Gasteiger partial charge in [-0.1, -0.05) is 0 Å². The third-order valence-electron chi connectivity index (χ3n) is 1.53. The minimum absolute atomic E-state index is 0.419. The zero-order valence-corrected chi connectivity index (χ0v) is 5.88. The Labute approximate surface area is 54.3 Å². The summed E-state index contributed by atoms with van der Waals surface area (Å²) in [4.78, 5) is 10.5. The molecule has 0 aromatic carbocycles. The van der Waals surface area contributed by atoms with Crippen molar-refractivity contribution < 1.29 is 15.0 Å². The Kier molecular flexibility index (Phi) is 2.34. The van der Waals surface area contributed by atoms with Gasteiger partial charge in [0, 0.05) is 0 Å². The van der Waals surface area contributed by atoms with Crippen LogP contribution in [-0.2, 0) is 4.79 Å². The van der Waals surface area contributed by atoms with E-state index in [1.165, 1.54) is 20.8 Å². The van der Waals surface area contributed by atoms with Crippen LogP contribution >= 0.6 is 0 Å². The van der Waals surface area contributed by atoms with Gasteiger partial charge in [-0.2, -0.15) is 0 Å². The molecule has 0 saturated heterocycles. The van der Waals surface area contributed by atoms with Crippen LogP contribution in [0.15, 0.2) is 0 Å². The van der Waals surface area contributed by atoms with Crippen LogP contribution in [0.5, 0.6) is 0 Å². The molecule has 0 aliphatic carbocycles. The fraction of sp³-hybridized carbons (Fsp3) is 0.833. The quantitative estimate of drug-likeness (QED) is 0.542. The number of aliphatic hydroxyl groups excluding tert-OH is 1. The van der Waals surface area contributed by atoms with Crippen molar-refractivity contribution in [1.82, 2.24) is 0 Å². The van der Waals surface area contributed by atoms with E-state index >= 15 is 0 Å². The van der Waals surface area contributed by atoms with Crippen molar-refractivity contribution in [3.8, 4) is 0 Å². The Bertz CT molecular complexity index is 115. The summed E-state index contributed by atoms with van der Waals surface area (Å²) in [6.07, 6.45) is -1.00. The lowest BCUT2D eigenvalue weighted by atomic mass is 9.96. The van der Waals surface area contributed by atoms with Crippen molar-refractivity contribution >= 4 is 5.78 Å². The fourth-order valence-corrected chi connectivity index (χ4v) is 0.294. The van der Waals surface area contributed by atoms with Gasteiger partial charge in [0.05, 0.1) is 6.10 Å². The van der Waals surface area contributed by atoms with Crippen LogP contribution in [0.4, 0.5) is 0 Å². The van der Waals surface area contributed by atoms with E-state index in [0.29, 0.717) is 0 Å². The highest BCUT2D eigenvalue weighted by atomic mass is 16.3. The molecule has 0 aromatic heterocycles. The largest absolute Gasteiger partial charge is 0.390 e. The zero-order chi connectivity index (χ0) is 7.65. The smallest absolute Gasteiger partial charge is 0.163 e. The molecule has 0 aromatic rings. The van der Waals surface area contributed by atoms with Gasteiger partial charge < -0.3 is 10.2 Å². The number of Topliss-reactive ketones (excluding diaryl/α,β-unsaturated/α-hetero) is 1. The lowest BCUT2D eigenvalue weighted by Gasteiger charge is -2.22. The van der Waals surface area contributed by atoms with Crippen molar-refractivity contribution in [3.63, 3.8) is 0 Å². The third kappa shape index (κ3) is 1.77. The molecule has 0 radical (unpaired) electrons. The summed E-state index contributed by atoms with van der Waals surface area (Å²) in [5.41, 5.74) is -1.58. The van der Waals surface area contributed by atoms with Crippen molar-refractivity contribution in [2.75, 3.05) is 0 Å². The maximum atomic E-state index is 10.5. The minimum atomic E-state index is -1.58. The standard InChI is InChI=1S/C6H12O3/c1-4(7)6(3,9)5(2)8/h4,7,9H,1-3H3/t4-,6+/m0/s1. The van der Waals surface area contributed by atoms with Crippen LogP contribution in [-0.4, -0.2) is 27.7 Å². The molecule has 0 fully saturated rings. The van der Waals surface area contributed by atoms with E-state index in [-0.39, 0.29) is 0 Å². The summed E-state index contributed by atoms with van der Waals surface area (Å²) in [5, 5.41) is 17.8. The molecular weight excluding hydrogens is 120 g/mol. The van der Waals surface area contributed by atoms with Gasteiger partial charge in [-0.25, -0.2) is 0 Å². The molecule has 0 amide bonds. The summed E-state index contributed by atoms with van der Waals surface area (Å²) < 4.78 is 0. The van der Waals surface area contributed by atoms with Gasteiger partial charge in [0.1, 0.15) is 5.60 Å². The molecule has 0 saturated carbocycles. The van der Waals surface area contributed by atoms with E-state index in [4.69, 9.17) is 10.2 Å². The van der Waals surface area contributed by atoms with Gasteiger partial charge in [0.15, 0.2) is 5.78 Å². The molecule has 0 spiro atoms. The van der Waals surface area contributed by atoms with Crippen molar-refractivity contribution in [2.24, 2.45) is 0 Å². The number of ketones is 1. The van der Waals surface area contributed by atoms with Gasteiger partial charge in [-0.3, -0.25) is 4.79 Å². The van der Waals surface area contributed by atoms with Crippen LogP contribution in [0.3, 0.4) is 0 Å². The first-order valence-electron chi connectivity index (χ1n) is 2.80. The minimum Gasteiger partial charge on any atom is -0.390 e. The second kappa shape index (κ2) is 2.45. The van der Waals surface area contributed by atoms with E-state index in [9.17, 15) is 4.79 Å². The highest BCUT2D eigenvalue weighted by Crippen LogP contribution is 2.09. The normalized spacial score (nSPS) is 20.6. The maximum Gasteiger partial charge on any atom is 0.163 e. The summed E-state index contributed by atoms with van der Waals surface area (Å²) in [7, 11) is 0. The van der Waals surface area contributed by atoms with E-state index in [0.717, 1.165) is 0 Å². The second-order valence-corrected chi connectivity index (χ2v) is 2.38. The first kappa shape index (κ1) is 8.59. The van der Waals surface area contributed by atoms with Gasteiger partial charge >= 0.3 is 0 Å². The van der Waals surface area contributed by atoms with Crippen LogP contribution in [0, 0.1) is 0 Å². The topological polar surface area (TPSA) is 57.5 Å². The summed E-state index contributed by atoms with van der Waals surface area (Å²) in [6, 6.07) is 0. The van der Waals surface area contributed by atoms with E-state index in [2.05, 4.69) is 0 Å². The van der Waals surface area contributed by atoms with Crippen LogP contribution in [0.2, 0.25) is 0 Å². The summed E-state index contributed by atoms with van der Waals surface area (Å²) >= 11 is 0. The SMILES string of the molecule is CC(=O)[C@](C)(O)[C@H](C)O. The highest BCUT2D eigenvalue weighted by Gasteiger charge is 2.31. The number of hydrogen-bond donors (Lipinski definition) is 2. The summed E-state index contributed by atoms with van der Waals surface area (Å²) in [6.45, 7) is 3.91. The molecule has 3 nitrogen and oxygen atoms in total. The van der Waals surface area contributed by atoms with Crippen LogP contribution in [0.1, 0.15) is 20.8 Å². The van der Waals surface area contributed by atoms with Crippen LogP contribution < -0.4 is 0 Å². The van der Waals surface area contributed by atoms with E-state index in [1.807, 2.05) is 0 Å². The molecule has 2 atom stereocenters. The Balaban J connectivity index is 4.19. The van der Waals surface area contributed by atoms with Gasteiger partial charge in [-0.05, 0) is 20.8 Å². The molecule has 54 valence electrons. The van der Waals surface area contributed by atoms with Gasteiger partial charge in [-0.15, -0.1) is 0 Å². The fourth-order valence-electron chi connectivity index (χ4n) is 0.294. The maximum absolute atomic E-state index is 10.5. The molecule has 0 unspecified atom stereocenters. The lowest BCUT2D eigenvalue weighted by Crippen LogP contribution is -2.43. The van der Waals surface area contributed by atoms with Crippen molar-refractivity contribution in [2.45, 2.75) is 32.5 Å². The Morgan fingerprint density at radius 3 is 2.00 bits per heavy atom. The molecule has 0 rings (SSSR count). The predicted molar refractivity (Wildman–Crippen MR) is 33.0 cm³/mol. The highest BCUT2D eigenvalue weighted by molar-refractivity contribution is 5.84. The second-order valence-electron chi connectivity index (χ2n) is 2.38. The molecule has 3 heteroatoms. The van der Waals surface area contributed by atoms with E-state index in [1.54, 1.807) is 0 Å². The summed E-state index contributed by atoms with van der Waals surface area (Å²) in [5.74, 6) is -0.419. The number of carbonyl (C=O) groups is 1. The molecule has 0 aliphatic heterocycles. The van der Waals surface area contributed by atoms with Gasteiger partial charge in [0.2, 0.25) is 0 Å². The van der Waals surface area contributed by atoms with Crippen molar-refractivity contribution in [3.05, 3.63) is 0 Å². The first-order valence-corrected chi connectivity index (χ1v) is 2.80. The average Bonchev–Trinajstić information content (AvgIpc) is 1.65. The number of carbonyl (C=O) groups excluding carboxylic acids is 1. The zero-order valence-electron chi connectivity index (χ0n) is 5.88. The molecule has 0 heterocycles. The molecule has 0 aliphatic rings. The molecule has 9 heavy (non-hydrogen) atoms. The number of hydrogen-bond acceptors (Lipinski definition) is 3. The van der Waals surface area contributed by atoms with Crippen molar-refractivity contribution in [1.29, 1.82) is 0 Å². The van der Waals surface area contributed by atoms with Gasteiger partial charge in [0.25, 0.3) is 0 Å². The third-order valence-corrected chi connectivity index (χ3v) is 1.53. The molecule has 0 bridgehead atoms. The monoisotopic (exact) mass is 132 g/mol. The number of rotatable bonds is 2. The Morgan fingerprint density at radius 1 is 1.67 bits per heavy atom. The number of aliphatic hydroxyl groups is 2. The lowest BCUT2D eigenvalue weighted by molar-refractivity contribution is -0.143. The predicted octanol–water partition coefficient (Wildman–Crippen LogP) is -0.293. The Hall–Kier alpha value is -0.410. The Morgan fingerprint density at radius 2 is 2.00 bits per heavy atom. The molecular formula is C6H12O3.